The first-order chi connectivity index (χ1) is 12.1. The van der Waals surface area contributed by atoms with Crippen LogP contribution < -0.4 is 5.32 Å². The second kappa shape index (κ2) is 6.60. The Balaban J connectivity index is 1.69. The first-order valence-electron chi connectivity index (χ1n) is 9.04. The molecule has 0 aliphatic heterocycles. The fourth-order valence-corrected chi connectivity index (χ4v) is 4.39. The van der Waals surface area contributed by atoms with Crippen molar-refractivity contribution in [2.45, 2.75) is 64.3 Å². The van der Waals surface area contributed by atoms with Gasteiger partial charge in [0.05, 0.1) is 0 Å². The molecular formula is C21H25F2NO2. The Hall–Kier alpha value is -2.04. The number of nitrogens with one attached hydrogen (secondary N) is 1. The Morgan fingerprint density at radius 2 is 1.77 bits per heavy atom. The Labute approximate surface area is 152 Å². The average molecular weight is 361 g/mol. The van der Waals surface area contributed by atoms with Gasteiger partial charge in [0, 0.05) is 36.9 Å². The highest BCUT2D eigenvalue weighted by Gasteiger charge is 2.46. The molecule has 2 aliphatic rings. The van der Waals surface area contributed by atoms with Crippen LogP contribution >= 0.6 is 0 Å². The van der Waals surface area contributed by atoms with Crippen LogP contribution in [0.1, 0.15) is 53.9 Å². The number of aryl methyl sites for hydroxylation is 3. The standard InChI is InChI=1S/C21H25F2NO2/c1-11-5-12(2)18(13(3)6-11)19-17(25)8-15(20(19)26)7-14(4)24-16-9-21(22,23)10-16/h5-6,15-16,19,24H,4,7-10H2,1-3H3. The van der Waals surface area contributed by atoms with E-state index in [1.165, 1.54) is 0 Å². The van der Waals surface area contributed by atoms with Crippen molar-refractivity contribution in [2.24, 2.45) is 5.92 Å². The Bertz CT molecular complexity index is 753. The van der Waals surface area contributed by atoms with E-state index in [0.717, 1.165) is 22.3 Å². The van der Waals surface area contributed by atoms with Crippen LogP contribution in [0, 0.1) is 26.7 Å². The van der Waals surface area contributed by atoms with Crippen LogP contribution in [-0.4, -0.2) is 23.5 Å². The molecule has 26 heavy (non-hydrogen) atoms. The van der Waals surface area contributed by atoms with Gasteiger partial charge in [0.1, 0.15) is 11.7 Å². The van der Waals surface area contributed by atoms with Crippen molar-refractivity contribution in [3.05, 3.63) is 46.7 Å². The molecule has 1 N–H and O–H groups in total. The lowest BCUT2D eigenvalue weighted by Crippen LogP contribution is -2.48. The summed E-state index contributed by atoms with van der Waals surface area (Å²) in [5.41, 5.74) is 4.42. The molecule has 2 saturated carbocycles. The van der Waals surface area contributed by atoms with E-state index in [-0.39, 0.29) is 36.9 Å². The summed E-state index contributed by atoms with van der Waals surface area (Å²) in [5, 5.41) is 2.98. The lowest BCUT2D eigenvalue weighted by Gasteiger charge is -2.36. The summed E-state index contributed by atoms with van der Waals surface area (Å²) in [6.45, 7) is 9.72. The fourth-order valence-electron chi connectivity index (χ4n) is 4.39. The van der Waals surface area contributed by atoms with Crippen molar-refractivity contribution >= 4 is 11.6 Å². The maximum absolute atomic E-state index is 12.9. The van der Waals surface area contributed by atoms with Gasteiger partial charge in [0.25, 0.3) is 5.92 Å². The minimum absolute atomic E-state index is 0.0574. The lowest BCUT2D eigenvalue weighted by atomic mass is 9.85. The quantitative estimate of drug-likeness (QED) is 0.802. The molecule has 0 radical (unpaired) electrons. The summed E-state index contributed by atoms with van der Waals surface area (Å²) in [5.74, 6) is -3.86. The van der Waals surface area contributed by atoms with Crippen molar-refractivity contribution in [1.82, 2.24) is 5.32 Å². The average Bonchev–Trinajstić information content (AvgIpc) is 2.72. The van der Waals surface area contributed by atoms with Gasteiger partial charge in [-0.3, -0.25) is 9.59 Å². The highest BCUT2D eigenvalue weighted by molar-refractivity contribution is 6.15. The molecule has 2 unspecified atom stereocenters. The smallest absolute Gasteiger partial charge is 0.252 e. The van der Waals surface area contributed by atoms with Crippen LogP contribution in [0.4, 0.5) is 8.78 Å². The van der Waals surface area contributed by atoms with Crippen molar-refractivity contribution in [3.63, 3.8) is 0 Å². The molecule has 1 aromatic rings. The molecule has 2 aliphatic carbocycles. The second-order valence-corrected chi connectivity index (χ2v) is 7.93. The van der Waals surface area contributed by atoms with E-state index in [0.29, 0.717) is 12.1 Å². The second-order valence-electron chi connectivity index (χ2n) is 7.93. The van der Waals surface area contributed by atoms with Crippen LogP contribution in [0.25, 0.3) is 0 Å². The first kappa shape index (κ1) is 18.7. The van der Waals surface area contributed by atoms with Gasteiger partial charge < -0.3 is 5.32 Å². The van der Waals surface area contributed by atoms with E-state index < -0.39 is 17.8 Å². The topological polar surface area (TPSA) is 46.2 Å². The van der Waals surface area contributed by atoms with Gasteiger partial charge in [-0.25, -0.2) is 8.78 Å². The molecular weight excluding hydrogens is 336 g/mol. The molecule has 0 bridgehead atoms. The number of rotatable bonds is 5. The number of ketones is 2. The highest BCUT2D eigenvalue weighted by atomic mass is 19.3. The fraction of sp³-hybridized carbons (Fsp3) is 0.524. The molecule has 0 heterocycles. The van der Waals surface area contributed by atoms with Crippen LogP contribution in [0.3, 0.4) is 0 Å². The molecule has 2 fully saturated rings. The predicted octanol–water partition coefficient (Wildman–Crippen LogP) is 4.14. The van der Waals surface area contributed by atoms with E-state index >= 15 is 0 Å². The maximum Gasteiger partial charge on any atom is 0.252 e. The minimum atomic E-state index is -2.59. The third-order valence-corrected chi connectivity index (χ3v) is 5.47. The number of hydrogen-bond acceptors (Lipinski definition) is 3. The summed E-state index contributed by atoms with van der Waals surface area (Å²) in [6, 6.07) is 3.70. The third kappa shape index (κ3) is 3.57. The third-order valence-electron chi connectivity index (χ3n) is 5.47. The summed E-state index contributed by atoms with van der Waals surface area (Å²) >= 11 is 0. The van der Waals surface area contributed by atoms with Crippen molar-refractivity contribution in [1.29, 1.82) is 0 Å². The number of carbonyl (C=O) groups excluding carboxylic acids is 2. The van der Waals surface area contributed by atoms with E-state index in [1.807, 2.05) is 32.9 Å². The molecule has 140 valence electrons. The SMILES string of the molecule is C=C(CC1CC(=O)C(c2c(C)cc(C)cc2C)C1=O)NC1CC(F)(F)C1. The van der Waals surface area contributed by atoms with Crippen LogP contribution in [0.2, 0.25) is 0 Å². The van der Waals surface area contributed by atoms with Gasteiger partial charge in [-0.05, 0) is 43.9 Å². The van der Waals surface area contributed by atoms with Crippen molar-refractivity contribution in [3.8, 4) is 0 Å². The zero-order chi connectivity index (χ0) is 19.2. The maximum atomic E-state index is 12.9. The summed E-state index contributed by atoms with van der Waals surface area (Å²) in [6.07, 6.45) is 0.118. The van der Waals surface area contributed by atoms with Gasteiger partial charge in [0.2, 0.25) is 0 Å². The number of Topliss-reactive ketones (excluding diaryl/α,β-unsaturated/α-hetero) is 2. The van der Waals surface area contributed by atoms with Gasteiger partial charge in [-0.15, -0.1) is 0 Å². The molecule has 1 aromatic carbocycles. The highest BCUT2D eigenvalue weighted by Crippen LogP contribution is 2.40. The van der Waals surface area contributed by atoms with Crippen LogP contribution in [0.15, 0.2) is 24.4 Å². The zero-order valence-electron chi connectivity index (χ0n) is 15.5. The summed E-state index contributed by atoms with van der Waals surface area (Å²) < 4.78 is 25.9. The van der Waals surface area contributed by atoms with Gasteiger partial charge in [0.15, 0.2) is 5.78 Å². The summed E-state index contributed by atoms with van der Waals surface area (Å²) in [4.78, 5) is 25.5. The van der Waals surface area contributed by atoms with Gasteiger partial charge in [-0.2, -0.15) is 0 Å². The van der Waals surface area contributed by atoms with E-state index in [4.69, 9.17) is 0 Å². The lowest BCUT2D eigenvalue weighted by molar-refractivity contribution is -0.124. The molecule has 2 atom stereocenters. The molecule has 0 aromatic heterocycles. The number of carbonyl (C=O) groups is 2. The number of halogens is 2. The van der Waals surface area contributed by atoms with E-state index in [1.54, 1.807) is 0 Å². The molecule has 0 saturated heterocycles. The normalized spacial score (nSPS) is 25.3. The van der Waals surface area contributed by atoms with Crippen molar-refractivity contribution < 1.29 is 18.4 Å². The Morgan fingerprint density at radius 3 is 2.31 bits per heavy atom. The molecule has 0 spiro atoms. The Kier molecular flexibility index (Phi) is 4.76. The van der Waals surface area contributed by atoms with Crippen molar-refractivity contribution in [2.75, 3.05) is 0 Å². The number of allylic oxidation sites excluding steroid dienone is 1. The van der Waals surface area contributed by atoms with Gasteiger partial charge >= 0.3 is 0 Å². The largest absolute Gasteiger partial charge is 0.386 e. The number of alkyl halides is 2. The first-order valence-corrected chi connectivity index (χ1v) is 9.04. The number of benzene rings is 1. The number of hydrogen-bond donors (Lipinski definition) is 1. The molecule has 3 nitrogen and oxygen atoms in total. The monoisotopic (exact) mass is 361 g/mol. The minimum Gasteiger partial charge on any atom is -0.386 e. The molecule has 3 rings (SSSR count). The van der Waals surface area contributed by atoms with E-state index in [2.05, 4.69) is 11.9 Å². The molecule has 5 heteroatoms. The van der Waals surface area contributed by atoms with Gasteiger partial charge in [-0.1, -0.05) is 24.3 Å². The van der Waals surface area contributed by atoms with Crippen LogP contribution in [0.5, 0.6) is 0 Å². The zero-order valence-corrected chi connectivity index (χ0v) is 15.5. The van der Waals surface area contributed by atoms with Crippen LogP contribution in [-0.2, 0) is 9.59 Å². The van der Waals surface area contributed by atoms with E-state index in [9.17, 15) is 18.4 Å². The Morgan fingerprint density at radius 1 is 1.19 bits per heavy atom. The molecule has 0 amide bonds. The predicted molar refractivity (Wildman–Crippen MR) is 96.4 cm³/mol. The summed E-state index contributed by atoms with van der Waals surface area (Å²) in [7, 11) is 0.